The molecule has 1 saturated carbocycles. The molecule has 0 spiro atoms. The number of carboxylic acid groups (broad SMARTS) is 1. The fraction of sp³-hybridized carbons (Fsp3) is 0.481. The fourth-order valence-electron chi connectivity index (χ4n) is 4.50. The summed E-state index contributed by atoms with van der Waals surface area (Å²) < 4.78 is 19.7. The molecule has 0 bridgehead atoms. The highest BCUT2D eigenvalue weighted by molar-refractivity contribution is 5.83. The second kappa shape index (κ2) is 12.5. The van der Waals surface area contributed by atoms with Crippen molar-refractivity contribution in [3.63, 3.8) is 0 Å². The lowest BCUT2D eigenvalue weighted by atomic mass is 9.98. The molecule has 3 rings (SSSR count). The molecule has 1 aliphatic carbocycles. The number of nitrogens with zero attached hydrogens (tertiary/aromatic N) is 1. The van der Waals surface area contributed by atoms with Gasteiger partial charge >= 0.3 is 5.97 Å². The highest BCUT2D eigenvalue weighted by atomic mass is 19.1. The molecule has 35 heavy (non-hydrogen) atoms. The van der Waals surface area contributed by atoms with Crippen LogP contribution in [0.5, 0.6) is 5.75 Å². The van der Waals surface area contributed by atoms with E-state index in [1.165, 1.54) is 11.0 Å². The number of anilines is 1. The lowest BCUT2D eigenvalue weighted by Gasteiger charge is -2.26. The Labute approximate surface area is 205 Å². The summed E-state index contributed by atoms with van der Waals surface area (Å²) in [4.78, 5) is 26.0. The van der Waals surface area contributed by atoms with Crippen LogP contribution >= 0.6 is 0 Å². The Morgan fingerprint density at radius 1 is 1.11 bits per heavy atom. The zero-order chi connectivity index (χ0) is 25.4. The van der Waals surface area contributed by atoms with Gasteiger partial charge < -0.3 is 25.2 Å². The molecule has 3 N–H and O–H groups in total. The molecule has 2 aromatic carbocycles. The average molecular weight is 487 g/mol. The van der Waals surface area contributed by atoms with Crippen LogP contribution in [0, 0.1) is 11.7 Å². The first-order valence-electron chi connectivity index (χ1n) is 12.2. The maximum atomic E-state index is 14.0. The number of aliphatic hydroxyl groups excluding tert-OH is 1. The van der Waals surface area contributed by atoms with E-state index in [1.54, 1.807) is 18.2 Å². The number of aliphatic carboxylic acids is 1. The van der Waals surface area contributed by atoms with Crippen molar-refractivity contribution in [3.8, 4) is 5.75 Å². The molecule has 190 valence electrons. The van der Waals surface area contributed by atoms with E-state index < -0.39 is 24.5 Å². The predicted octanol–water partition coefficient (Wildman–Crippen LogP) is 4.10. The Balaban J connectivity index is 1.63. The van der Waals surface area contributed by atoms with Crippen molar-refractivity contribution in [2.45, 2.75) is 64.2 Å². The van der Waals surface area contributed by atoms with Gasteiger partial charge in [0.1, 0.15) is 18.1 Å². The summed E-state index contributed by atoms with van der Waals surface area (Å²) >= 11 is 0. The van der Waals surface area contributed by atoms with E-state index in [2.05, 4.69) is 5.32 Å². The van der Waals surface area contributed by atoms with E-state index in [-0.39, 0.29) is 36.8 Å². The van der Waals surface area contributed by atoms with Gasteiger partial charge in [0.25, 0.3) is 0 Å². The predicted molar refractivity (Wildman–Crippen MR) is 132 cm³/mol. The van der Waals surface area contributed by atoms with E-state index in [1.807, 2.05) is 38.1 Å². The van der Waals surface area contributed by atoms with Crippen molar-refractivity contribution in [3.05, 3.63) is 59.9 Å². The molecule has 0 unspecified atom stereocenters. The van der Waals surface area contributed by atoms with Gasteiger partial charge in [-0.25, -0.2) is 4.39 Å². The molecule has 0 radical (unpaired) electrons. The third-order valence-electron chi connectivity index (χ3n) is 6.26. The Kier molecular flexibility index (Phi) is 9.48. The Morgan fingerprint density at radius 3 is 2.57 bits per heavy atom. The third kappa shape index (κ3) is 7.96. The standard InChI is InChI=1S/C27H35FN2O5/c1-18(2)35-22-8-5-7-21(16-22)29-24-12-10-20(11-13-25(24)31)27(34)30(17-26(32)33)15-14-19-6-3-4-9-23(19)28/h3-9,16,18,20,24-25,29,31H,10-15,17H2,1-2H3,(H,32,33)/t20-,24+,25+/m1/s1. The summed E-state index contributed by atoms with van der Waals surface area (Å²) in [6.07, 6.45) is 1.60. The van der Waals surface area contributed by atoms with Crippen molar-refractivity contribution in [2.75, 3.05) is 18.4 Å². The first-order valence-corrected chi connectivity index (χ1v) is 12.2. The molecule has 8 heteroatoms. The number of amides is 1. The van der Waals surface area contributed by atoms with Gasteiger partial charge in [-0.3, -0.25) is 9.59 Å². The lowest BCUT2D eigenvalue weighted by molar-refractivity contribution is -0.146. The van der Waals surface area contributed by atoms with Gasteiger partial charge in [0.05, 0.1) is 18.2 Å². The van der Waals surface area contributed by atoms with Crippen molar-refractivity contribution >= 4 is 17.6 Å². The molecular weight excluding hydrogens is 451 g/mol. The minimum absolute atomic E-state index is 0.0487. The maximum Gasteiger partial charge on any atom is 0.323 e. The van der Waals surface area contributed by atoms with Crippen LogP contribution < -0.4 is 10.1 Å². The second-order valence-electron chi connectivity index (χ2n) is 9.36. The molecule has 2 aromatic rings. The topological polar surface area (TPSA) is 99.1 Å². The highest BCUT2D eigenvalue weighted by Crippen LogP contribution is 2.29. The van der Waals surface area contributed by atoms with Crippen molar-refractivity contribution in [1.29, 1.82) is 0 Å². The van der Waals surface area contributed by atoms with Gasteiger partial charge in [-0.1, -0.05) is 24.3 Å². The molecule has 7 nitrogen and oxygen atoms in total. The van der Waals surface area contributed by atoms with E-state index in [0.29, 0.717) is 31.2 Å². The van der Waals surface area contributed by atoms with Crippen LogP contribution in [-0.4, -0.2) is 58.3 Å². The minimum Gasteiger partial charge on any atom is -0.491 e. The number of aliphatic hydroxyl groups is 1. The Hall–Kier alpha value is -3.13. The van der Waals surface area contributed by atoms with Gasteiger partial charge in [-0.2, -0.15) is 0 Å². The number of carboxylic acids is 1. The molecular formula is C27H35FN2O5. The largest absolute Gasteiger partial charge is 0.491 e. The Morgan fingerprint density at radius 2 is 1.86 bits per heavy atom. The number of carbonyl (C=O) groups is 2. The summed E-state index contributed by atoms with van der Waals surface area (Å²) in [7, 11) is 0. The van der Waals surface area contributed by atoms with Gasteiger partial charge in [-0.15, -0.1) is 0 Å². The number of benzene rings is 2. The van der Waals surface area contributed by atoms with E-state index >= 15 is 0 Å². The Bertz CT molecular complexity index is 999. The molecule has 1 amide bonds. The number of carbonyl (C=O) groups excluding carboxylic acids is 1. The molecule has 1 aliphatic rings. The summed E-state index contributed by atoms with van der Waals surface area (Å²) in [5.74, 6) is -1.40. The van der Waals surface area contributed by atoms with Gasteiger partial charge in [0, 0.05) is 24.2 Å². The summed E-state index contributed by atoms with van der Waals surface area (Å²) in [5, 5.41) is 23.4. The summed E-state index contributed by atoms with van der Waals surface area (Å²) in [6.45, 7) is 3.60. The zero-order valence-electron chi connectivity index (χ0n) is 20.3. The van der Waals surface area contributed by atoms with Crippen LogP contribution in [0.15, 0.2) is 48.5 Å². The number of hydrogen-bond acceptors (Lipinski definition) is 5. The van der Waals surface area contributed by atoms with Crippen LogP contribution in [0.3, 0.4) is 0 Å². The molecule has 3 atom stereocenters. The fourth-order valence-corrected chi connectivity index (χ4v) is 4.50. The summed E-state index contributed by atoms with van der Waals surface area (Å²) in [6, 6.07) is 13.6. The third-order valence-corrected chi connectivity index (χ3v) is 6.26. The van der Waals surface area contributed by atoms with Crippen molar-refractivity contribution < 1.29 is 28.9 Å². The second-order valence-corrected chi connectivity index (χ2v) is 9.36. The van der Waals surface area contributed by atoms with E-state index in [4.69, 9.17) is 4.74 Å². The van der Waals surface area contributed by atoms with Gasteiger partial charge in [0.2, 0.25) is 5.91 Å². The lowest BCUT2D eigenvalue weighted by Crippen LogP contribution is -2.41. The van der Waals surface area contributed by atoms with Crippen molar-refractivity contribution in [1.82, 2.24) is 4.90 Å². The van der Waals surface area contributed by atoms with Gasteiger partial charge in [-0.05, 0) is 69.7 Å². The van der Waals surface area contributed by atoms with Crippen molar-refractivity contribution in [2.24, 2.45) is 5.92 Å². The quantitative estimate of drug-likeness (QED) is 0.438. The summed E-state index contributed by atoms with van der Waals surface area (Å²) in [5.41, 5.74) is 1.27. The normalized spacial score (nSPS) is 20.2. The molecule has 0 heterocycles. The van der Waals surface area contributed by atoms with Crippen LogP contribution in [-0.2, 0) is 16.0 Å². The zero-order valence-corrected chi connectivity index (χ0v) is 20.3. The van der Waals surface area contributed by atoms with E-state index in [9.17, 15) is 24.2 Å². The van der Waals surface area contributed by atoms with Crippen LogP contribution in [0.4, 0.5) is 10.1 Å². The number of ether oxygens (including phenoxy) is 1. The molecule has 1 fully saturated rings. The number of hydrogen-bond donors (Lipinski definition) is 3. The van der Waals surface area contributed by atoms with Gasteiger partial charge in [0.15, 0.2) is 0 Å². The number of nitrogens with one attached hydrogen (secondary N) is 1. The van der Waals surface area contributed by atoms with Crippen LogP contribution in [0.1, 0.15) is 45.1 Å². The average Bonchev–Trinajstić information content (AvgIpc) is 2.98. The minimum atomic E-state index is -1.11. The maximum absolute atomic E-state index is 14.0. The monoisotopic (exact) mass is 486 g/mol. The SMILES string of the molecule is CC(C)Oc1cccc(N[C@H]2CC[C@@H](C(=O)N(CCc3ccccc3F)CC(=O)O)CC[C@@H]2O)c1. The first-order chi connectivity index (χ1) is 16.7. The number of halogens is 1. The smallest absolute Gasteiger partial charge is 0.323 e. The van der Waals surface area contributed by atoms with E-state index in [0.717, 1.165) is 11.4 Å². The molecule has 0 aromatic heterocycles. The molecule has 0 saturated heterocycles. The highest BCUT2D eigenvalue weighted by Gasteiger charge is 2.32. The van der Waals surface area contributed by atoms with Crippen LogP contribution in [0.2, 0.25) is 0 Å². The van der Waals surface area contributed by atoms with Crippen LogP contribution in [0.25, 0.3) is 0 Å². The molecule has 0 aliphatic heterocycles. The number of rotatable bonds is 10. The first kappa shape index (κ1) is 26.5.